The Hall–Kier alpha value is 0.0969. The molecule has 0 bridgehead atoms. The van der Waals surface area contributed by atoms with Crippen molar-refractivity contribution in [2.45, 2.75) is 103 Å². The molecule has 0 amide bonds. The minimum Gasteiger partial charge on any atom is -0.383 e. The van der Waals surface area contributed by atoms with Crippen molar-refractivity contribution in [2.24, 2.45) is 11.8 Å². The van der Waals surface area contributed by atoms with Crippen LogP contribution in [0.15, 0.2) is 0 Å². The maximum absolute atomic E-state index is 6.73. The van der Waals surface area contributed by atoms with Crippen LogP contribution < -0.4 is 0 Å². The summed E-state index contributed by atoms with van der Waals surface area (Å²) >= 11 is 0. The summed E-state index contributed by atoms with van der Waals surface area (Å²) in [6.07, 6.45) is 12.5. The Morgan fingerprint density at radius 2 is 1.42 bits per heavy atom. The summed E-state index contributed by atoms with van der Waals surface area (Å²) in [4.78, 5) is 0. The third-order valence-corrected chi connectivity index (χ3v) is 11.7. The van der Waals surface area contributed by atoms with E-state index in [2.05, 4.69) is 32.3 Å². The van der Waals surface area contributed by atoms with E-state index in [1.165, 1.54) is 57.8 Å². The van der Waals surface area contributed by atoms with E-state index in [1.807, 2.05) is 0 Å². The second-order valence-electron chi connectivity index (χ2n) is 8.43. The Kier molecular flexibility index (Phi) is 6.44. The maximum Gasteiger partial charge on any atom is 0.431 e. The first-order chi connectivity index (χ1) is 11.6. The number of nitrogens with zero attached hydrogens (tertiary/aromatic N) is 1. The van der Waals surface area contributed by atoms with Crippen LogP contribution in [-0.4, -0.2) is 38.6 Å². The molecule has 3 rings (SSSR count). The van der Waals surface area contributed by atoms with E-state index in [-0.39, 0.29) is 0 Å². The molecule has 3 nitrogen and oxygen atoms in total. The minimum absolute atomic E-state index is 0.612. The first-order valence-electron chi connectivity index (χ1n) is 10.7. The van der Waals surface area contributed by atoms with Gasteiger partial charge in [-0.05, 0) is 71.6 Å². The zero-order chi connectivity index (χ0) is 17.2. The Labute approximate surface area is 150 Å². The van der Waals surface area contributed by atoms with E-state index in [0.29, 0.717) is 17.6 Å². The number of piperidine rings is 1. The van der Waals surface area contributed by atoms with Gasteiger partial charge in [0.1, 0.15) is 0 Å². The van der Waals surface area contributed by atoms with Gasteiger partial charge in [0.15, 0.2) is 0 Å². The molecule has 0 aromatic rings. The number of fused-ring (bicyclic) bond motifs is 1. The number of hydrogen-bond acceptors (Lipinski definition) is 3. The summed E-state index contributed by atoms with van der Waals surface area (Å²) in [5.74, 6) is 1.82. The lowest BCUT2D eigenvalue weighted by Gasteiger charge is -2.52. The molecule has 0 spiro atoms. The zero-order valence-corrected chi connectivity index (χ0v) is 17.4. The molecule has 140 valence electrons. The molecule has 0 aromatic heterocycles. The van der Waals surface area contributed by atoms with Crippen molar-refractivity contribution in [1.29, 1.82) is 0 Å². The van der Waals surface area contributed by atoms with Gasteiger partial charge in [0.05, 0.1) is 0 Å². The highest BCUT2D eigenvalue weighted by Gasteiger charge is 2.60. The quantitative estimate of drug-likeness (QED) is 0.610. The molecule has 3 fully saturated rings. The first kappa shape index (κ1) is 18.9. The van der Waals surface area contributed by atoms with Crippen molar-refractivity contribution in [2.75, 3.05) is 13.2 Å². The summed E-state index contributed by atoms with van der Waals surface area (Å²) in [6.45, 7) is 10.8. The van der Waals surface area contributed by atoms with Gasteiger partial charge in [-0.15, -0.1) is 0 Å². The van der Waals surface area contributed by atoms with Crippen LogP contribution in [0.4, 0.5) is 0 Å². The van der Waals surface area contributed by atoms with Crippen molar-refractivity contribution < 1.29 is 8.85 Å². The summed E-state index contributed by atoms with van der Waals surface area (Å²) in [5, 5.41) is 0. The van der Waals surface area contributed by atoms with Crippen LogP contribution in [-0.2, 0) is 8.85 Å². The minimum atomic E-state index is -2.36. The van der Waals surface area contributed by atoms with Crippen LogP contribution in [0, 0.1) is 11.8 Å². The highest BCUT2D eigenvalue weighted by atomic mass is 28.4. The molecule has 2 saturated carbocycles. The molecule has 0 radical (unpaired) electrons. The second-order valence-corrected chi connectivity index (χ2v) is 11.5. The van der Waals surface area contributed by atoms with Crippen molar-refractivity contribution >= 4 is 8.72 Å². The Bertz CT molecular complexity index is 389. The van der Waals surface area contributed by atoms with Crippen LogP contribution in [0.3, 0.4) is 0 Å². The van der Waals surface area contributed by atoms with Crippen LogP contribution in [0.5, 0.6) is 0 Å². The normalized spacial score (nSPS) is 38.2. The third kappa shape index (κ3) is 3.36. The molecule has 1 heterocycles. The van der Waals surface area contributed by atoms with Gasteiger partial charge < -0.3 is 8.85 Å². The van der Waals surface area contributed by atoms with E-state index in [0.717, 1.165) is 25.0 Å². The van der Waals surface area contributed by atoms with Crippen LogP contribution >= 0.6 is 0 Å². The largest absolute Gasteiger partial charge is 0.431 e. The predicted molar refractivity (Wildman–Crippen MR) is 102 cm³/mol. The molecule has 1 aliphatic heterocycles. The van der Waals surface area contributed by atoms with Crippen molar-refractivity contribution in [1.82, 2.24) is 4.57 Å². The van der Waals surface area contributed by atoms with Gasteiger partial charge in [-0.1, -0.05) is 25.7 Å². The highest BCUT2D eigenvalue weighted by Crippen LogP contribution is 2.55. The van der Waals surface area contributed by atoms with Crippen LogP contribution in [0.25, 0.3) is 0 Å². The monoisotopic (exact) mass is 353 g/mol. The molecule has 3 aliphatic rings. The number of hydrogen-bond donors (Lipinski definition) is 0. The van der Waals surface area contributed by atoms with E-state index in [4.69, 9.17) is 8.85 Å². The van der Waals surface area contributed by atoms with Gasteiger partial charge >= 0.3 is 8.72 Å². The molecule has 2 aliphatic carbocycles. The van der Waals surface area contributed by atoms with Gasteiger partial charge in [-0.25, -0.2) is 0 Å². The van der Waals surface area contributed by atoms with Crippen molar-refractivity contribution in [3.05, 3.63) is 0 Å². The zero-order valence-electron chi connectivity index (χ0n) is 16.4. The van der Waals surface area contributed by atoms with Crippen molar-refractivity contribution in [3.63, 3.8) is 0 Å². The lowest BCUT2D eigenvalue weighted by molar-refractivity contribution is 0.0498. The third-order valence-electron chi connectivity index (χ3n) is 7.06. The van der Waals surface area contributed by atoms with Gasteiger partial charge in [-0.2, -0.15) is 0 Å². The van der Waals surface area contributed by atoms with Gasteiger partial charge in [0.25, 0.3) is 0 Å². The van der Waals surface area contributed by atoms with Gasteiger partial charge in [0.2, 0.25) is 0 Å². The average Bonchev–Trinajstić information content (AvgIpc) is 2.99. The smallest absolute Gasteiger partial charge is 0.383 e. The lowest BCUT2D eigenvalue weighted by Crippen LogP contribution is -2.68. The maximum atomic E-state index is 6.73. The van der Waals surface area contributed by atoms with Crippen molar-refractivity contribution in [3.8, 4) is 0 Å². The first-order valence-corrected chi connectivity index (χ1v) is 12.5. The lowest BCUT2D eigenvalue weighted by atomic mass is 9.82. The fourth-order valence-corrected chi connectivity index (χ4v) is 11.2. The fourth-order valence-electron chi connectivity index (χ4n) is 6.23. The molecule has 24 heavy (non-hydrogen) atoms. The van der Waals surface area contributed by atoms with E-state index < -0.39 is 8.72 Å². The summed E-state index contributed by atoms with van der Waals surface area (Å²) in [7, 11) is -2.36. The molecule has 4 heteroatoms. The molecule has 1 saturated heterocycles. The standard InChI is InChI=1S/C20H39NO2Si/c1-5-22-24(23-6-2,21-16(3)10-9-11-17(21)4)20-15-14-18-12-7-8-13-19(18)20/h16-20H,5-15H2,1-4H3. The molecule has 0 N–H and O–H groups in total. The molecular formula is C20H39NO2Si. The second kappa shape index (κ2) is 8.19. The fraction of sp³-hybridized carbons (Fsp3) is 1.00. The summed E-state index contributed by atoms with van der Waals surface area (Å²) in [6, 6.07) is 1.22. The Morgan fingerprint density at radius 1 is 0.792 bits per heavy atom. The van der Waals surface area contributed by atoms with Crippen LogP contribution in [0.2, 0.25) is 5.54 Å². The molecular weight excluding hydrogens is 314 g/mol. The van der Waals surface area contributed by atoms with E-state index >= 15 is 0 Å². The Morgan fingerprint density at radius 3 is 2.04 bits per heavy atom. The van der Waals surface area contributed by atoms with E-state index in [1.54, 1.807) is 0 Å². The topological polar surface area (TPSA) is 21.7 Å². The summed E-state index contributed by atoms with van der Waals surface area (Å²) < 4.78 is 16.2. The van der Waals surface area contributed by atoms with Crippen LogP contribution in [0.1, 0.15) is 85.5 Å². The van der Waals surface area contributed by atoms with Gasteiger partial charge in [-0.3, -0.25) is 4.57 Å². The molecule has 5 unspecified atom stereocenters. The van der Waals surface area contributed by atoms with E-state index in [9.17, 15) is 0 Å². The van der Waals surface area contributed by atoms with Gasteiger partial charge in [0, 0.05) is 30.8 Å². The predicted octanol–water partition coefficient (Wildman–Crippen LogP) is 5.23. The number of rotatable bonds is 6. The molecule has 5 atom stereocenters. The highest BCUT2D eigenvalue weighted by molar-refractivity contribution is 6.66. The molecule has 0 aromatic carbocycles. The Balaban J connectivity index is 1.94. The average molecular weight is 354 g/mol. The SMILES string of the molecule is CCO[Si](OCC)(C1CCC2CCCCC21)N1C(C)CCCC1C. The summed E-state index contributed by atoms with van der Waals surface area (Å²) in [5.41, 5.74) is 0.686.